The van der Waals surface area contributed by atoms with Gasteiger partial charge in [-0.2, -0.15) is 13.2 Å². The van der Waals surface area contributed by atoms with E-state index in [1.807, 2.05) is 0 Å². The Balaban J connectivity index is 2.54. The smallest absolute Gasteiger partial charge is 0.449 e. The number of aromatic nitrogens is 2. The molecule has 0 spiro atoms. The Hall–Kier alpha value is -2.02. The molecule has 0 amide bonds. The van der Waals surface area contributed by atoms with Gasteiger partial charge < -0.3 is 9.72 Å². The van der Waals surface area contributed by atoms with Crippen LogP contribution in [0.3, 0.4) is 0 Å². The number of esters is 1. The van der Waals surface area contributed by atoms with E-state index in [0.29, 0.717) is 10.6 Å². The molecule has 2 rings (SSSR count). The van der Waals surface area contributed by atoms with Gasteiger partial charge in [-0.15, -0.1) is 0 Å². The Labute approximate surface area is 122 Å². The summed E-state index contributed by atoms with van der Waals surface area (Å²) in [6.45, 7) is 1.59. The van der Waals surface area contributed by atoms with Crippen molar-refractivity contribution in [1.82, 2.24) is 9.97 Å². The molecule has 1 aromatic carbocycles. The fraction of sp³-hybridized carbons (Fsp3) is 0.231. The summed E-state index contributed by atoms with van der Waals surface area (Å²) in [5.41, 5.74) is -0.116. The molecule has 0 saturated heterocycles. The van der Waals surface area contributed by atoms with Gasteiger partial charge in [0.15, 0.2) is 5.69 Å². The molecular formula is C13H10ClF3N2O2. The summed E-state index contributed by atoms with van der Waals surface area (Å²) in [6, 6.07) is 5.97. The van der Waals surface area contributed by atoms with Crippen LogP contribution in [0.5, 0.6) is 0 Å². The standard InChI is InChI=1S/C13H10ClF3N2O2/c1-2-21-11(20)10-9(7-3-5-8(14)6-4-7)18-12(19-10)13(15,16)17/h3-6H,2H2,1H3,(H,18,19). The minimum atomic E-state index is -4.69. The van der Waals surface area contributed by atoms with E-state index in [-0.39, 0.29) is 12.3 Å². The van der Waals surface area contributed by atoms with Crippen LogP contribution in [0.15, 0.2) is 24.3 Å². The van der Waals surface area contributed by atoms with Crippen LogP contribution in [-0.2, 0) is 10.9 Å². The number of rotatable bonds is 3. The van der Waals surface area contributed by atoms with Crippen molar-refractivity contribution in [2.45, 2.75) is 13.1 Å². The lowest BCUT2D eigenvalue weighted by Gasteiger charge is -2.03. The maximum Gasteiger partial charge on any atom is 0.449 e. The number of hydrogen-bond acceptors (Lipinski definition) is 3. The Bertz CT molecular complexity index is 650. The van der Waals surface area contributed by atoms with Gasteiger partial charge in [-0.3, -0.25) is 0 Å². The van der Waals surface area contributed by atoms with Crippen LogP contribution in [0.4, 0.5) is 13.2 Å². The van der Waals surface area contributed by atoms with E-state index >= 15 is 0 Å². The first-order valence-electron chi connectivity index (χ1n) is 5.93. The number of hydrogen-bond donors (Lipinski definition) is 1. The van der Waals surface area contributed by atoms with Crippen molar-refractivity contribution in [1.29, 1.82) is 0 Å². The summed E-state index contributed by atoms with van der Waals surface area (Å²) >= 11 is 5.73. The van der Waals surface area contributed by atoms with Gasteiger partial charge in [0.05, 0.1) is 12.3 Å². The zero-order valence-corrected chi connectivity index (χ0v) is 11.5. The number of nitrogens with one attached hydrogen (secondary N) is 1. The minimum Gasteiger partial charge on any atom is -0.461 e. The second kappa shape index (κ2) is 5.77. The molecule has 2 aromatic rings. The van der Waals surface area contributed by atoms with Crippen LogP contribution in [-0.4, -0.2) is 22.5 Å². The van der Waals surface area contributed by atoms with Gasteiger partial charge in [0, 0.05) is 10.6 Å². The van der Waals surface area contributed by atoms with E-state index < -0.39 is 23.7 Å². The fourth-order valence-corrected chi connectivity index (χ4v) is 1.81. The third kappa shape index (κ3) is 3.36. The Kier molecular flexibility index (Phi) is 4.22. The number of ether oxygens (including phenoxy) is 1. The minimum absolute atomic E-state index is 0.0348. The molecule has 0 unspecified atom stereocenters. The molecule has 0 fully saturated rings. The molecule has 0 atom stereocenters. The monoisotopic (exact) mass is 318 g/mol. The molecule has 0 aliphatic heterocycles. The third-order valence-electron chi connectivity index (χ3n) is 2.57. The van der Waals surface area contributed by atoms with Crippen LogP contribution in [0, 0.1) is 0 Å². The first-order valence-corrected chi connectivity index (χ1v) is 6.31. The summed E-state index contributed by atoms with van der Waals surface area (Å²) in [6.07, 6.45) is -4.69. The van der Waals surface area contributed by atoms with E-state index in [4.69, 9.17) is 16.3 Å². The molecular weight excluding hydrogens is 309 g/mol. The Morgan fingerprint density at radius 2 is 1.95 bits per heavy atom. The first-order chi connectivity index (χ1) is 9.82. The van der Waals surface area contributed by atoms with E-state index in [1.54, 1.807) is 6.92 Å². The number of benzene rings is 1. The van der Waals surface area contributed by atoms with Crippen LogP contribution in [0.25, 0.3) is 11.3 Å². The van der Waals surface area contributed by atoms with Crippen molar-refractivity contribution in [3.05, 3.63) is 40.8 Å². The number of H-pyrrole nitrogens is 1. The predicted octanol–water partition coefficient (Wildman–Crippen LogP) is 3.93. The topological polar surface area (TPSA) is 55.0 Å². The van der Waals surface area contributed by atoms with Crippen molar-refractivity contribution in [3.8, 4) is 11.3 Å². The maximum atomic E-state index is 12.7. The zero-order chi connectivity index (χ0) is 15.6. The third-order valence-corrected chi connectivity index (χ3v) is 2.83. The number of nitrogens with zero attached hydrogens (tertiary/aromatic N) is 1. The summed E-state index contributed by atoms with van der Waals surface area (Å²) in [5.74, 6) is -2.18. The molecule has 8 heteroatoms. The van der Waals surface area contributed by atoms with E-state index in [0.717, 1.165) is 0 Å². The Morgan fingerprint density at radius 1 is 1.33 bits per heavy atom. The normalized spacial score (nSPS) is 11.5. The lowest BCUT2D eigenvalue weighted by Crippen LogP contribution is -2.09. The van der Waals surface area contributed by atoms with Crippen molar-refractivity contribution in [2.24, 2.45) is 0 Å². The van der Waals surface area contributed by atoms with Crippen molar-refractivity contribution >= 4 is 17.6 Å². The van der Waals surface area contributed by atoms with E-state index in [9.17, 15) is 18.0 Å². The number of carbonyl (C=O) groups excluding carboxylic acids is 1. The van der Waals surface area contributed by atoms with Gasteiger partial charge in [-0.1, -0.05) is 23.7 Å². The highest BCUT2D eigenvalue weighted by Crippen LogP contribution is 2.31. The van der Waals surface area contributed by atoms with Crippen molar-refractivity contribution < 1.29 is 22.7 Å². The average molecular weight is 319 g/mol. The largest absolute Gasteiger partial charge is 0.461 e. The lowest BCUT2D eigenvalue weighted by atomic mass is 10.1. The number of aromatic amines is 1. The van der Waals surface area contributed by atoms with Crippen LogP contribution < -0.4 is 0 Å². The van der Waals surface area contributed by atoms with Gasteiger partial charge in [0.2, 0.25) is 5.82 Å². The second-order valence-electron chi connectivity index (χ2n) is 4.03. The summed E-state index contributed by atoms with van der Waals surface area (Å²) in [7, 11) is 0. The fourth-order valence-electron chi connectivity index (χ4n) is 1.68. The molecule has 0 aliphatic carbocycles. The van der Waals surface area contributed by atoms with Crippen LogP contribution >= 0.6 is 11.6 Å². The summed E-state index contributed by atoms with van der Waals surface area (Å²) in [4.78, 5) is 17.2. The predicted molar refractivity (Wildman–Crippen MR) is 70.0 cm³/mol. The van der Waals surface area contributed by atoms with Gasteiger partial charge in [0.25, 0.3) is 0 Å². The number of imidazole rings is 1. The molecule has 1 heterocycles. The SMILES string of the molecule is CCOC(=O)c1nc(C(F)(F)F)[nH]c1-c1ccc(Cl)cc1. The van der Waals surface area contributed by atoms with Crippen LogP contribution in [0.1, 0.15) is 23.2 Å². The molecule has 0 radical (unpaired) electrons. The average Bonchev–Trinajstić information content (AvgIpc) is 2.85. The van der Waals surface area contributed by atoms with Gasteiger partial charge in [-0.05, 0) is 19.1 Å². The highest BCUT2D eigenvalue weighted by atomic mass is 35.5. The van der Waals surface area contributed by atoms with Gasteiger partial charge >= 0.3 is 12.1 Å². The van der Waals surface area contributed by atoms with Crippen molar-refractivity contribution in [2.75, 3.05) is 6.61 Å². The highest BCUT2D eigenvalue weighted by molar-refractivity contribution is 6.30. The lowest BCUT2D eigenvalue weighted by molar-refractivity contribution is -0.144. The van der Waals surface area contributed by atoms with Gasteiger partial charge in [0.1, 0.15) is 0 Å². The Morgan fingerprint density at radius 3 is 2.48 bits per heavy atom. The number of alkyl halides is 3. The highest BCUT2D eigenvalue weighted by Gasteiger charge is 2.37. The summed E-state index contributed by atoms with van der Waals surface area (Å²) < 4.78 is 43.0. The summed E-state index contributed by atoms with van der Waals surface area (Å²) in [5, 5.41) is 0.423. The molecule has 4 nitrogen and oxygen atoms in total. The first kappa shape index (κ1) is 15.4. The van der Waals surface area contributed by atoms with E-state index in [2.05, 4.69) is 9.97 Å². The second-order valence-corrected chi connectivity index (χ2v) is 4.47. The number of carbonyl (C=O) groups is 1. The zero-order valence-electron chi connectivity index (χ0n) is 10.8. The molecule has 0 aliphatic rings. The van der Waals surface area contributed by atoms with Crippen LogP contribution in [0.2, 0.25) is 5.02 Å². The quantitative estimate of drug-likeness (QED) is 0.872. The maximum absolute atomic E-state index is 12.7. The molecule has 1 N–H and O–H groups in total. The van der Waals surface area contributed by atoms with Gasteiger partial charge in [-0.25, -0.2) is 9.78 Å². The molecule has 0 bridgehead atoms. The van der Waals surface area contributed by atoms with Crippen molar-refractivity contribution in [3.63, 3.8) is 0 Å². The molecule has 21 heavy (non-hydrogen) atoms. The molecule has 1 aromatic heterocycles. The number of halogens is 4. The molecule has 0 saturated carbocycles. The van der Waals surface area contributed by atoms with E-state index in [1.165, 1.54) is 24.3 Å². The molecule has 112 valence electrons.